The predicted octanol–water partition coefficient (Wildman–Crippen LogP) is 6.68. The first-order chi connectivity index (χ1) is 15.3. The van der Waals surface area contributed by atoms with E-state index in [2.05, 4.69) is 0 Å². The molecule has 2 aromatic heterocycles. The summed E-state index contributed by atoms with van der Waals surface area (Å²) in [5.74, 6) is -3.65. The number of carboxylic acids is 1. The number of ketones is 1. The fourth-order valence-electron chi connectivity index (χ4n) is 3.77. The van der Waals surface area contributed by atoms with Gasteiger partial charge in [-0.15, -0.1) is 0 Å². The standard InChI is InChI=1S/C24H15Cl2F2NO3/c1-2-12-11-13(6-7-14(12)24(31)32)18-17-5-3-4-10-29(17)22(21(18)28)23(30)19-15(25)8-9-16(27)20(19)26/h3-11H,2H2,1H3,(H,31,32). The van der Waals surface area contributed by atoms with Gasteiger partial charge in [0.2, 0.25) is 5.78 Å². The number of fused-ring (bicyclic) bond motifs is 1. The molecular formula is C24H15Cl2F2NO3. The molecule has 0 aliphatic carbocycles. The number of hydrogen-bond donors (Lipinski definition) is 1. The Balaban J connectivity index is 2.00. The number of halogens is 4. The van der Waals surface area contributed by atoms with Gasteiger partial charge in [0.1, 0.15) is 11.5 Å². The van der Waals surface area contributed by atoms with Crippen LogP contribution < -0.4 is 0 Å². The molecule has 4 rings (SSSR count). The third-order valence-electron chi connectivity index (χ3n) is 5.28. The minimum atomic E-state index is -1.08. The van der Waals surface area contributed by atoms with Crippen LogP contribution in [0, 0.1) is 11.6 Å². The van der Waals surface area contributed by atoms with E-state index in [1.54, 1.807) is 31.2 Å². The highest BCUT2D eigenvalue weighted by atomic mass is 35.5. The molecule has 2 aromatic carbocycles. The summed E-state index contributed by atoms with van der Waals surface area (Å²) in [5, 5.41) is 8.79. The first kappa shape index (κ1) is 22.0. The van der Waals surface area contributed by atoms with E-state index in [0.29, 0.717) is 23.1 Å². The molecule has 1 N–H and O–H groups in total. The van der Waals surface area contributed by atoms with Gasteiger partial charge in [0.25, 0.3) is 0 Å². The maximum Gasteiger partial charge on any atom is 0.335 e. The molecule has 0 saturated carbocycles. The SMILES string of the molecule is CCc1cc(-c2c(F)c(C(=O)c3c(Cl)ccc(F)c3Cl)n3ccccc23)ccc1C(=O)O. The van der Waals surface area contributed by atoms with E-state index in [4.69, 9.17) is 23.2 Å². The molecule has 2 heterocycles. The lowest BCUT2D eigenvalue weighted by molar-refractivity contribution is 0.0695. The van der Waals surface area contributed by atoms with Gasteiger partial charge in [0, 0.05) is 11.8 Å². The van der Waals surface area contributed by atoms with Gasteiger partial charge in [-0.3, -0.25) is 4.79 Å². The summed E-state index contributed by atoms with van der Waals surface area (Å²) in [6, 6.07) is 11.6. The Hall–Kier alpha value is -3.22. The topological polar surface area (TPSA) is 58.8 Å². The van der Waals surface area contributed by atoms with Crippen LogP contribution >= 0.6 is 23.2 Å². The summed E-state index contributed by atoms with van der Waals surface area (Å²) < 4.78 is 31.2. The van der Waals surface area contributed by atoms with Crippen molar-refractivity contribution in [3.05, 3.63) is 98.8 Å². The maximum absolute atomic E-state index is 15.8. The van der Waals surface area contributed by atoms with Gasteiger partial charge < -0.3 is 9.51 Å². The molecule has 4 aromatic rings. The molecule has 0 bridgehead atoms. The van der Waals surface area contributed by atoms with E-state index in [0.717, 1.165) is 6.07 Å². The molecule has 0 atom stereocenters. The van der Waals surface area contributed by atoms with Gasteiger partial charge in [-0.25, -0.2) is 13.6 Å². The van der Waals surface area contributed by atoms with E-state index < -0.39 is 28.4 Å². The molecule has 8 heteroatoms. The molecule has 0 radical (unpaired) electrons. The average molecular weight is 474 g/mol. The van der Waals surface area contributed by atoms with Crippen molar-refractivity contribution in [3.63, 3.8) is 0 Å². The Morgan fingerprint density at radius 3 is 2.50 bits per heavy atom. The second-order valence-electron chi connectivity index (χ2n) is 7.07. The summed E-state index contributed by atoms with van der Waals surface area (Å²) in [6.07, 6.45) is 1.92. The smallest absolute Gasteiger partial charge is 0.335 e. The highest BCUT2D eigenvalue weighted by Crippen LogP contribution is 2.37. The molecule has 162 valence electrons. The van der Waals surface area contributed by atoms with Crippen LogP contribution in [0.1, 0.15) is 38.9 Å². The second-order valence-corrected chi connectivity index (χ2v) is 7.86. The first-order valence-electron chi connectivity index (χ1n) is 9.59. The minimum absolute atomic E-state index is 0.104. The number of benzene rings is 2. The third-order valence-corrected chi connectivity index (χ3v) is 5.96. The van der Waals surface area contributed by atoms with Crippen molar-refractivity contribution in [2.45, 2.75) is 13.3 Å². The van der Waals surface area contributed by atoms with Crippen LogP contribution in [0.3, 0.4) is 0 Å². The largest absolute Gasteiger partial charge is 0.478 e. The minimum Gasteiger partial charge on any atom is -0.478 e. The monoisotopic (exact) mass is 473 g/mol. The molecule has 0 fully saturated rings. The van der Waals surface area contributed by atoms with Gasteiger partial charge >= 0.3 is 5.97 Å². The number of carbonyl (C=O) groups is 2. The number of hydrogen-bond acceptors (Lipinski definition) is 2. The van der Waals surface area contributed by atoms with Crippen LogP contribution in [0.5, 0.6) is 0 Å². The van der Waals surface area contributed by atoms with E-state index in [1.165, 1.54) is 28.8 Å². The zero-order chi connectivity index (χ0) is 23.2. The zero-order valence-corrected chi connectivity index (χ0v) is 18.1. The molecule has 0 spiro atoms. The molecule has 0 saturated heterocycles. The summed E-state index contributed by atoms with van der Waals surface area (Å²) >= 11 is 12.1. The number of rotatable bonds is 5. The zero-order valence-electron chi connectivity index (χ0n) is 16.6. The van der Waals surface area contributed by atoms with Gasteiger partial charge in [-0.1, -0.05) is 48.3 Å². The summed E-state index contributed by atoms with van der Waals surface area (Å²) in [4.78, 5) is 24.8. The van der Waals surface area contributed by atoms with E-state index in [-0.39, 0.29) is 27.4 Å². The van der Waals surface area contributed by atoms with Crippen molar-refractivity contribution in [2.24, 2.45) is 0 Å². The van der Waals surface area contributed by atoms with Gasteiger partial charge in [-0.05, 0) is 47.9 Å². The first-order valence-corrected chi connectivity index (χ1v) is 10.3. The number of nitrogens with zero attached hydrogens (tertiary/aromatic N) is 1. The second kappa shape index (κ2) is 8.37. The number of aromatic carboxylic acids is 1. The number of aromatic nitrogens is 1. The van der Waals surface area contributed by atoms with Crippen LogP contribution in [0.2, 0.25) is 10.0 Å². The number of pyridine rings is 1. The Morgan fingerprint density at radius 2 is 1.81 bits per heavy atom. The lowest BCUT2D eigenvalue weighted by Gasteiger charge is -2.08. The van der Waals surface area contributed by atoms with Crippen molar-refractivity contribution in [2.75, 3.05) is 0 Å². The summed E-state index contributed by atoms with van der Waals surface area (Å²) in [5.41, 5.74) is 0.848. The molecule has 0 aliphatic rings. The van der Waals surface area contributed by atoms with Crippen molar-refractivity contribution in [1.82, 2.24) is 4.40 Å². The van der Waals surface area contributed by atoms with Crippen LogP contribution in [0.25, 0.3) is 16.6 Å². The van der Waals surface area contributed by atoms with Crippen molar-refractivity contribution < 1.29 is 23.5 Å². The van der Waals surface area contributed by atoms with Gasteiger partial charge in [0.15, 0.2) is 5.82 Å². The average Bonchev–Trinajstić information content (AvgIpc) is 3.07. The normalized spacial score (nSPS) is 11.2. The van der Waals surface area contributed by atoms with E-state index >= 15 is 4.39 Å². The van der Waals surface area contributed by atoms with Crippen LogP contribution in [0.15, 0.2) is 54.7 Å². The maximum atomic E-state index is 15.8. The molecular weight excluding hydrogens is 459 g/mol. The predicted molar refractivity (Wildman–Crippen MR) is 119 cm³/mol. The highest BCUT2D eigenvalue weighted by Gasteiger charge is 2.29. The fraction of sp³-hybridized carbons (Fsp3) is 0.0833. The van der Waals surface area contributed by atoms with Crippen molar-refractivity contribution >= 4 is 40.5 Å². The molecule has 0 unspecified atom stereocenters. The number of carboxylic acid groups (broad SMARTS) is 1. The number of carbonyl (C=O) groups excluding carboxylic acids is 1. The van der Waals surface area contributed by atoms with Crippen LogP contribution in [-0.4, -0.2) is 21.3 Å². The lowest BCUT2D eigenvalue weighted by atomic mass is 9.97. The molecule has 0 aliphatic heterocycles. The Kier molecular flexibility index (Phi) is 5.75. The van der Waals surface area contributed by atoms with E-state index in [9.17, 15) is 19.1 Å². The highest BCUT2D eigenvalue weighted by molar-refractivity contribution is 6.41. The van der Waals surface area contributed by atoms with Crippen LogP contribution in [0.4, 0.5) is 8.78 Å². The Labute approximate surface area is 191 Å². The van der Waals surface area contributed by atoms with E-state index in [1.807, 2.05) is 0 Å². The molecule has 0 amide bonds. The van der Waals surface area contributed by atoms with Crippen molar-refractivity contribution in [3.8, 4) is 11.1 Å². The molecule has 32 heavy (non-hydrogen) atoms. The fourth-order valence-corrected chi connectivity index (χ4v) is 4.31. The molecule has 4 nitrogen and oxygen atoms in total. The Morgan fingerprint density at radius 1 is 1.06 bits per heavy atom. The lowest BCUT2D eigenvalue weighted by Crippen LogP contribution is -2.09. The van der Waals surface area contributed by atoms with Crippen molar-refractivity contribution in [1.29, 1.82) is 0 Å². The summed E-state index contributed by atoms with van der Waals surface area (Å²) in [7, 11) is 0. The van der Waals surface area contributed by atoms with Gasteiger partial charge in [0.05, 0.1) is 26.7 Å². The number of aryl methyl sites for hydroxylation is 1. The third kappa shape index (κ3) is 3.45. The van der Waals surface area contributed by atoms with Gasteiger partial charge in [-0.2, -0.15) is 0 Å². The van der Waals surface area contributed by atoms with Crippen LogP contribution in [-0.2, 0) is 6.42 Å². The Bertz CT molecular complexity index is 1410. The quantitative estimate of drug-likeness (QED) is 0.259. The summed E-state index contributed by atoms with van der Waals surface area (Å²) in [6.45, 7) is 1.79.